The van der Waals surface area contributed by atoms with E-state index in [1.165, 1.54) is 0 Å². The number of hydrogen-bond acceptors (Lipinski definition) is 3. The second-order valence-corrected chi connectivity index (χ2v) is 6.72. The van der Waals surface area contributed by atoms with Crippen LogP contribution in [-0.4, -0.2) is 29.9 Å². The quantitative estimate of drug-likeness (QED) is 0.572. The van der Waals surface area contributed by atoms with Gasteiger partial charge in [0.1, 0.15) is 5.54 Å². The molecule has 0 heterocycles. The van der Waals surface area contributed by atoms with Crippen LogP contribution in [0.2, 0.25) is 0 Å². The van der Waals surface area contributed by atoms with Crippen molar-refractivity contribution in [2.75, 3.05) is 11.9 Å². The lowest BCUT2D eigenvalue weighted by molar-refractivity contribution is -0.126. The van der Waals surface area contributed by atoms with Crippen LogP contribution in [0.25, 0.3) is 0 Å². The highest BCUT2D eigenvalue weighted by Crippen LogP contribution is 2.17. The van der Waals surface area contributed by atoms with Gasteiger partial charge in [0.15, 0.2) is 0 Å². The van der Waals surface area contributed by atoms with E-state index < -0.39 is 5.54 Å². The van der Waals surface area contributed by atoms with E-state index in [-0.39, 0.29) is 23.9 Å². The molecule has 0 unspecified atom stereocenters. The Morgan fingerprint density at radius 3 is 2.23 bits per heavy atom. The average molecular weight is 362 g/mol. The summed E-state index contributed by atoms with van der Waals surface area (Å²) < 4.78 is 0. The highest BCUT2D eigenvalue weighted by molar-refractivity contribution is 5.91. The Hall–Kier alpha value is -2.57. The molecule has 1 atom stereocenters. The third kappa shape index (κ3) is 6.74. The summed E-state index contributed by atoms with van der Waals surface area (Å²) in [7, 11) is 0. The molecule has 7 nitrogen and oxygen atoms in total. The number of anilines is 1. The molecule has 7 heteroatoms. The molecule has 0 aliphatic heterocycles. The Balaban J connectivity index is 2.64. The number of benzene rings is 1. The van der Waals surface area contributed by atoms with Crippen LogP contribution in [0.4, 0.5) is 10.5 Å². The molecule has 0 radical (unpaired) electrons. The smallest absolute Gasteiger partial charge is 0.315 e. The van der Waals surface area contributed by atoms with E-state index in [0.717, 1.165) is 12.0 Å². The molecule has 26 heavy (non-hydrogen) atoms. The van der Waals surface area contributed by atoms with Crippen molar-refractivity contribution in [3.05, 3.63) is 29.8 Å². The number of amides is 4. The van der Waals surface area contributed by atoms with Crippen LogP contribution in [-0.2, 0) is 9.59 Å². The lowest BCUT2D eigenvalue weighted by atomic mass is 10.0. The lowest BCUT2D eigenvalue weighted by Gasteiger charge is -2.27. The summed E-state index contributed by atoms with van der Waals surface area (Å²) in [6, 6.07) is 6.70. The summed E-state index contributed by atoms with van der Waals surface area (Å²) in [6.07, 6.45) is 1.24. The summed E-state index contributed by atoms with van der Waals surface area (Å²) >= 11 is 0. The predicted octanol–water partition coefficient (Wildman–Crippen LogP) is 2.70. The average Bonchev–Trinajstić information content (AvgIpc) is 2.59. The van der Waals surface area contributed by atoms with Crippen molar-refractivity contribution >= 4 is 23.5 Å². The normalized spacial score (nSPS) is 12.0. The molecule has 0 aliphatic rings. The largest absolute Gasteiger partial charge is 0.348 e. The van der Waals surface area contributed by atoms with Gasteiger partial charge in [0, 0.05) is 18.7 Å². The van der Waals surface area contributed by atoms with Crippen LogP contribution < -0.4 is 21.3 Å². The molecule has 1 aromatic rings. The Bertz CT molecular complexity index is 626. The Labute approximate surface area is 155 Å². The van der Waals surface area contributed by atoms with E-state index in [9.17, 15) is 14.4 Å². The summed E-state index contributed by atoms with van der Waals surface area (Å²) in [5.74, 6) is -0.326. The van der Waals surface area contributed by atoms with Gasteiger partial charge in [0.05, 0.1) is 6.04 Å². The maximum atomic E-state index is 12.5. The molecule has 1 aromatic carbocycles. The predicted molar refractivity (Wildman–Crippen MR) is 103 cm³/mol. The SMILES string of the molecule is CCCNC(=O)NC(C)(C)C(=O)N[C@@H](C)c1ccc(NC(=O)CC)cc1. The number of carbonyl (C=O) groups is 3. The zero-order chi connectivity index (χ0) is 19.7. The molecule has 1 rings (SSSR count). The zero-order valence-electron chi connectivity index (χ0n) is 16.2. The molecule has 0 saturated carbocycles. The van der Waals surface area contributed by atoms with Gasteiger partial charge in [-0.15, -0.1) is 0 Å². The molecule has 144 valence electrons. The van der Waals surface area contributed by atoms with Crippen LogP contribution in [0.15, 0.2) is 24.3 Å². The maximum absolute atomic E-state index is 12.5. The van der Waals surface area contributed by atoms with Crippen LogP contribution in [0, 0.1) is 0 Å². The molecule has 0 saturated heterocycles. The van der Waals surface area contributed by atoms with Gasteiger partial charge < -0.3 is 21.3 Å². The van der Waals surface area contributed by atoms with E-state index in [2.05, 4.69) is 21.3 Å². The Kier molecular flexibility index (Phi) is 8.09. The summed E-state index contributed by atoms with van der Waals surface area (Å²) in [5, 5.41) is 11.0. The fraction of sp³-hybridized carbons (Fsp3) is 0.526. The van der Waals surface area contributed by atoms with Crippen molar-refractivity contribution < 1.29 is 14.4 Å². The highest BCUT2D eigenvalue weighted by Gasteiger charge is 2.30. The minimum Gasteiger partial charge on any atom is -0.348 e. The van der Waals surface area contributed by atoms with Crippen LogP contribution >= 0.6 is 0 Å². The van der Waals surface area contributed by atoms with E-state index >= 15 is 0 Å². The van der Waals surface area contributed by atoms with Crippen molar-refractivity contribution in [1.29, 1.82) is 0 Å². The van der Waals surface area contributed by atoms with Gasteiger partial charge in [0.2, 0.25) is 11.8 Å². The van der Waals surface area contributed by atoms with Crippen molar-refractivity contribution in [3.63, 3.8) is 0 Å². The van der Waals surface area contributed by atoms with Crippen molar-refractivity contribution in [1.82, 2.24) is 16.0 Å². The van der Waals surface area contributed by atoms with Gasteiger partial charge in [0.25, 0.3) is 0 Å². The van der Waals surface area contributed by atoms with Crippen LogP contribution in [0.1, 0.15) is 59.1 Å². The first kappa shape index (κ1) is 21.5. The fourth-order valence-electron chi connectivity index (χ4n) is 2.19. The minimum absolute atomic E-state index is 0.0479. The Morgan fingerprint density at radius 2 is 1.69 bits per heavy atom. The van der Waals surface area contributed by atoms with Crippen molar-refractivity contribution in [2.45, 2.75) is 59.0 Å². The molecular formula is C19H30N4O3. The van der Waals surface area contributed by atoms with Crippen molar-refractivity contribution in [2.24, 2.45) is 0 Å². The number of nitrogens with one attached hydrogen (secondary N) is 4. The minimum atomic E-state index is -1.04. The third-order valence-electron chi connectivity index (χ3n) is 3.89. The first-order chi connectivity index (χ1) is 12.2. The molecular weight excluding hydrogens is 332 g/mol. The van der Waals surface area contributed by atoms with Gasteiger partial charge in [-0.05, 0) is 44.9 Å². The van der Waals surface area contributed by atoms with E-state index in [4.69, 9.17) is 0 Å². The first-order valence-electron chi connectivity index (χ1n) is 8.96. The molecule has 0 spiro atoms. The summed E-state index contributed by atoms with van der Waals surface area (Å²) in [4.78, 5) is 35.7. The number of hydrogen-bond donors (Lipinski definition) is 4. The van der Waals surface area contributed by atoms with Crippen LogP contribution in [0.3, 0.4) is 0 Å². The van der Waals surface area contributed by atoms with E-state index in [1.54, 1.807) is 32.9 Å². The molecule has 0 aliphatic carbocycles. The molecule has 0 bridgehead atoms. The molecule has 4 amide bonds. The van der Waals surface area contributed by atoms with Gasteiger partial charge >= 0.3 is 6.03 Å². The molecule has 4 N–H and O–H groups in total. The zero-order valence-corrected chi connectivity index (χ0v) is 16.2. The van der Waals surface area contributed by atoms with E-state index in [0.29, 0.717) is 18.7 Å². The van der Waals surface area contributed by atoms with Gasteiger partial charge in [-0.2, -0.15) is 0 Å². The summed E-state index contributed by atoms with van der Waals surface area (Å²) in [6.45, 7) is 9.48. The van der Waals surface area contributed by atoms with Gasteiger partial charge in [-0.1, -0.05) is 26.0 Å². The van der Waals surface area contributed by atoms with Gasteiger partial charge in [-0.3, -0.25) is 9.59 Å². The second kappa shape index (κ2) is 9.79. The van der Waals surface area contributed by atoms with E-state index in [1.807, 2.05) is 26.0 Å². The maximum Gasteiger partial charge on any atom is 0.315 e. The highest BCUT2D eigenvalue weighted by atomic mass is 16.2. The first-order valence-corrected chi connectivity index (χ1v) is 8.96. The van der Waals surface area contributed by atoms with Crippen LogP contribution in [0.5, 0.6) is 0 Å². The number of carbonyl (C=O) groups excluding carboxylic acids is 3. The standard InChI is InChI=1S/C19H30N4O3/c1-6-12-20-18(26)23-19(4,5)17(25)21-13(3)14-8-10-15(11-9-14)22-16(24)7-2/h8-11,13H,6-7,12H2,1-5H3,(H,21,25)(H,22,24)(H2,20,23,26)/t13-/m0/s1. The monoisotopic (exact) mass is 362 g/mol. The lowest BCUT2D eigenvalue weighted by Crippen LogP contribution is -2.57. The number of urea groups is 1. The van der Waals surface area contributed by atoms with Gasteiger partial charge in [-0.25, -0.2) is 4.79 Å². The topological polar surface area (TPSA) is 99.3 Å². The summed E-state index contributed by atoms with van der Waals surface area (Å²) in [5.41, 5.74) is 0.578. The Morgan fingerprint density at radius 1 is 1.08 bits per heavy atom. The molecule has 0 aromatic heterocycles. The number of rotatable bonds is 8. The van der Waals surface area contributed by atoms with Crippen molar-refractivity contribution in [3.8, 4) is 0 Å². The molecule has 0 fully saturated rings. The third-order valence-corrected chi connectivity index (χ3v) is 3.89. The fourth-order valence-corrected chi connectivity index (χ4v) is 2.19. The second-order valence-electron chi connectivity index (χ2n) is 6.72.